The second-order valence-corrected chi connectivity index (χ2v) is 4.62. The molecule has 104 valence electrons. The fourth-order valence-electron chi connectivity index (χ4n) is 1.87. The molecule has 0 aliphatic carbocycles. The van der Waals surface area contributed by atoms with Crippen molar-refractivity contribution >= 4 is 5.97 Å². The van der Waals surface area contributed by atoms with Crippen molar-refractivity contribution in [2.45, 2.75) is 20.8 Å². The summed E-state index contributed by atoms with van der Waals surface area (Å²) in [7, 11) is 0. The molecule has 4 nitrogen and oxygen atoms in total. The van der Waals surface area contributed by atoms with E-state index < -0.39 is 11.8 Å². The largest absolute Gasteiger partial charge is 0.477 e. The lowest BCUT2D eigenvalue weighted by Crippen LogP contribution is -2.04. The molecule has 1 heterocycles. The first-order valence-corrected chi connectivity index (χ1v) is 6.03. The van der Waals surface area contributed by atoms with Crippen LogP contribution < -0.4 is 4.74 Å². The average Bonchev–Trinajstić information content (AvgIpc) is 2.37. The van der Waals surface area contributed by atoms with Crippen LogP contribution in [0, 0.1) is 26.6 Å². The van der Waals surface area contributed by atoms with Gasteiger partial charge in [0.05, 0.1) is 6.20 Å². The van der Waals surface area contributed by atoms with Gasteiger partial charge in [-0.25, -0.2) is 14.2 Å². The fraction of sp³-hybridized carbons (Fsp3) is 0.200. The lowest BCUT2D eigenvalue weighted by atomic mass is 10.1. The van der Waals surface area contributed by atoms with Crippen LogP contribution in [0.4, 0.5) is 4.39 Å². The van der Waals surface area contributed by atoms with Crippen LogP contribution in [0.15, 0.2) is 24.4 Å². The highest BCUT2D eigenvalue weighted by Crippen LogP contribution is 2.29. The van der Waals surface area contributed by atoms with Crippen molar-refractivity contribution in [1.82, 2.24) is 4.98 Å². The van der Waals surface area contributed by atoms with Crippen molar-refractivity contribution in [3.63, 3.8) is 0 Å². The van der Waals surface area contributed by atoms with Crippen molar-refractivity contribution in [3.05, 3.63) is 52.5 Å². The Hall–Kier alpha value is -2.43. The summed E-state index contributed by atoms with van der Waals surface area (Å²) in [5.74, 6) is -1.60. The van der Waals surface area contributed by atoms with Crippen LogP contribution in [-0.4, -0.2) is 16.1 Å². The molecule has 2 rings (SSSR count). The number of carboxylic acids is 1. The Balaban J connectivity index is 2.48. The van der Waals surface area contributed by atoms with E-state index in [4.69, 9.17) is 9.84 Å². The number of benzene rings is 1. The van der Waals surface area contributed by atoms with E-state index in [1.165, 1.54) is 0 Å². The molecule has 0 atom stereocenters. The van der Waals surface area contributed by atoms with Crippen LogP contribution in [-0.2, 0) is 0 Å². The first-order chi connectivity index (χ1) is 9.38. The quantitative estimate of drug-likeness (QED) is 0.929. The lowest BCUT2D eigenvalue weighted by Gasteiger charge is -2.12. The highest BCUT2D eigenvalue weighted by Gasteiger charge is 2.16. The number of hydrogen-bond donors (Lipinski definition) is 1. The number of aryl methyl sites for hydroxylation is 2. The molecule has 0 radical (unpaired) electrons. The van der Waals surface area contributed by atoms with Crippen LogP contribution >= 0.6 is 0 Å². The predicted octanol–water partition coefficient (Wildman–Crippen LogP) is 3.64. The van der Waals surface area contributed by atoms with Crippen molar-refractivity contribution in [2.75, 3.05) is 0 Å². The summed E-state index contributed by atoms with van der Waals surface area (Å²) >= 11 is 0. The topological polar surface area (TPSA) is 59.4 Å². The number of rotatable bonds is 3. The van der Waals surface area contributed by atoms with Gasteiger partial charge in [0.15, 0.2) is 0 Å². The smallest absolute Gasteiger partial charge is 0.341 e. The summed E-state index contributed by atoms with van der Waals surface area (Å²) in [5.41, 5.74) is 2.60. The maximum Gasteiger partial charge on any atom is 0.341 e. The first kappa shape index (κ1) is 14.0. The van der Waals surface area contributed by atoms with E-state index in [0.29, 0.717) is 5.75 Å². The van der Waals surface area contributed by atoms with Gasteiger partial charge in [0.2, 0.25) is 5.88 Å². The van der Waals surface area contributed by atoms with Gasteiger partial charge in [0.1, 0.15) is 17.1 Å². The molecule has 0 fully saturated rings. The Morgan fingerprint density at radius 3 is 2.60 bits per heavy atom. The molecule has 5 heteroatoms. The van der Waals surface area contributed by atoms with Gasteiger partial charge in [-0.05, 0) is 49.6 Å². The highest BCUT2D eigenvalue weighted by molar-refractivity contribution is 5.90. The van der Waals surface area contributed by atoms with Crippen molar-refractivity contribution in [3.8, 4) is 11.6 Å². The molecule has 0 spiro atoms. The maximum absolute atomic E-state index is 13.1. The third-order valence-corrected chi connectivity index (χ3v) is 3.02. The third-order valence-electron chi connectivity index (χ3n) is 3.02. The molecule has 1 aromatic carbocycles. The molecule has 0 aliphatic heterocycles. The lowest BCUT2D eigenvalue weighted by molar-refractivity contribution is 0.0692. The third kappa shape index (κ3) is 2.77. The molecule has 0 aliphatic rings. The second kappa shape index (κ2) is 5.28. The van der Waals surface area contributed by atoms with Crippen LogP contribution in [0.25, 0.3) is 0 Å². The van der Waals surface area contributed by atoms with E-state index in [2.05, 4.69) is 4.98 Å². The molecule has 0 unspecified atom stereocenters. The van der Waals surface area contributed by atoms with Crippen molar-refractivity contribution < 1.29 is 19.0 Å². The van der Waals surface area contributed by atoms with Crippen LogP contribution in [0.3, 0.4) is 0 Å². The summed E-state index contributed by atoms with van der Waals surface area (Å²) < 4.78 is 18.6. The van der Waals surface area contributed by atoms with E-state index in [1.54, 1.807) is 6.07 Å². The van der Waals surface area contributed by atoms with Crippen molar-refractivity contribution in [1.29, 1.82) is 0 Å². The Bertz CT molecular complexity index is 683. The number of carbonyl (C=O) groups is 1. The average molecular weight is 275 g/mol. The molecule has 1 N–H and O–H groups in total. The zero-order valence-corrected chi connectivity index (χ0v) is 11.4. The monoisotopic (exact) mass is 275 g/mol. The number of nitrogens with zero attached hydrogens (tertiary/aromatic N) is 1. The molecular weight excluding hydrogens is 261 g/mol. The Morgan fingerprint density at radius 2 is 1.95 bits per heavy atom. The predicted molar refractivity (Wildman–Crippen MR) is 71.9 cm³/mol. The number of carboxylic acid groups (broad SMARTS) is 1. The summed E-state index contributed by atoms with van der Waals surface area (Å²) in [4.78, 5) is 14.8. The second-order valence-electron chi connectivity index (χ2n) is 4.62. The van der Waals surface area contributed by atoms with E-state index in [1.807, 2.05) is 26.8 Å². The van der Waals surface area contributed by atoms with Gasteiger partial charge in [-0.1, -0.05) is 6.07 Å². The van der Waals surface area contributed by atoms with Gasteiger partial charge in [-0.15, -0.1) is 0 Å². The maximum atomic E-state index is 13.1. The molecule has 1 aromatic heterocycles. The van der Waals surface area contributed by atoms with E-state index in [-0.39, 0.29) is 11.4 Å². The van der Waals surface area contributed by atoms with Crippen LogP contribution in [0.5, 0.6) is 11.6 Å². The van der Waals surface area contributed by atoms with Gasteiger partial charge in [0.25, 0.3) is 0 Å². The number of halogens is 1. The minimum absolute atomic E-state index is 0.119. The summed E-state index contributed by atoms with van der Waals surface area (Å²) in [6.45, 7) is 5.72. The zero-order chi connectivity index (χ0) is 14.9. The van der Waals surface area contributed by atoms with E-state index in [9.17, 15) is 9.18 Å². The summed E-state index contributed by atoms with van der Waals surface area (Å²) in [6.07, 6.45) is 0.930. The fourth-order valence-corrected chi connectivity index (χ4v) is 1.87. The molecule has 0 saturated carbocycles. The number of pyridine rings is 1. The normalized spacial score (nSPS) is 10.4. The van der Waals surface area contributed by atoms with Crippen LogP contribution in [0.1, 0.15) is 27.0 Å². The molecule has 0 saturated heterocycles. The number of hydrogen-bond acceptors (Lipinski definition) is 3. The Kier molecular flexibility index (Phi) is 3.70. The van der Waals surface area contributed by atoms with Gasteiger partial charge in [-0.2, -0.15) is 0 Å². The molecule has 2 aromatic rings. The summed E-state index contributed by atoms with van der Waals surface area (Å²) in [5, 5.41) is 9.06. The number of aromatic carboxylic acids is 1. The van der Waals surface area contributed by atoms with Crippen LogP contribution in [0.2, 0.25) is 0 Å². The van der Waals surface area contributed by atoms with Gasteiger partial charge in [0, 0.05) is 0 Å². The first-order valence-electron chi connectivity index (χ1n) is 6.03. The van der Waals surface area contributed by atoms with Gasteiger partial charge in [-0.3, -0.25) is 0 Å². The number of ether oxygens (including phenoxy) is 1. The zero-order valence-electron chi connectivity index (χ0n) is 11.4. The highest BCUT2D eigenvalue weighted by atomic mass is 19.1. The molecular formula is C15H14FNO3. The number of aromatic nitrogens is 1. The minimum atomic E-state index is -1.28. The molecule has 0 amide bonds. The SMILES string of the molecule is Cc1cc(C)c(C)c(Oc2ncc(F)cc2C(=O)O)c1. The van der Waals surface area contributed by atoms with Gasteiger partial charge < -0.3 is 9.84 Å². The standard InChI is InChI=1S/C15H14FNO3/c1-8-4-9(2)10(3)13(5-8)20-14-12(15(18)19)6-11(16)7-17-14/h4-7H,1-3H3,(H,18,19). The van der Waals surface area contributed by atoms with E-state index in [0.717, 1.165) is 29.0 Å². The summed E-state index contributed by atoms with van der Waals surface area (Å²) in [6, 6.07) is 4.68. The molecule has 20 heavy (non-hydrogen) atoms. The van der Waals surface area contributed by atoms with E-state index >= 15 is 0 Å². The molecule has 0 bridgehead atoms. The van der Waals surface area contributed by atoms with Crippen molar-refractivity contribution in [2.24, 2.45) is 0 Å². The minimum Gasteiger partial charge on any atom is -0.477 e. The Morgan fingerprint density at radius 1 is 1.25 bits per heavy atom. The Labute approximate surface area is 115 Å². The van der Waals surface area contributed by atoms with Gasteiger partial charge >= 0.3 is 5.97 Å².